The van der Waals surface area contributed by atoms with Gasteiger partial charge in [-0.3, -0.25) is 4.57 Å². The molecule has 10 heteroatoms. The van der Waals surface area contributed by atoms with Crippen molar-refractivity contribution in [3.05, 3.63) is 12.7 Å². The minimum absolute atomic E-state index is 0.150. The first kappa shape index (κ1) is 12.7. The number of nitrogens with two attached hydrogens (primary N) is 1. The molecular weight excluding hydrogens is 270 g/mol. The molecule has 0 aliphatic carbocycles. The van der Waals surface area contributed by atoms with Crippen LogP contribution in [0.25, 0.3) is 11.2 Å². The molecule has 3 unspecified atom stereocenters. The van der Waals surface area contributed by atoms with Gasteiger partial charge in [0.15, 0.2) is 23.8 Å². The number of carboxylic acids is 1. The molecule has 0 saturated carbocycles. The molecule has 1 saturated heterocycles. The fraction of sp³-hybridized carbons (Fsp3) is 0.400. The molecule has 0 aromatic carbocycles. The molecule has 0 amide bonds. The molecule has 2 aromatic heterocycles. The summed E-state index contributed by atoms with van der Waals surface area (Å²) in [4.78, 5) is 22.6. The lowest BCUT2D eigenvalue weighted by molar-refractivity contribution is -0.155. The molecule has 5 N–H and O–H groups in total. The first-order chi connectivity index (χ1) is 9.50. The third-order valence-corrected chi connectivity index (χ3v) is 3.14. The Kier molecular flexibility index (Phi) is 2.78. The predicted molar refractivity (Wildman–Crippen MR) is 63.3 cm³/mol. The third-order valence-electron chi connectivity index (χ3n) is 3.14. The van der Waals surface area contributed by atoms with Crippen LogP contribution >= 0.6 is 0 Å². The molecule has 4 atom stereocenters. The van der Waals surface area contributed by atoms with Crippen LogP contribution in [-0.4, -0.2) is 59.1 Å². The number of hydrogen-bond acceptors (Lipinski definition) is 8. The van der Waals surface area contributed by atoms with Crippen molar-refractivity contribution in [1.29, 1.82) is 0 Å². The number of aliphatic hydroxyl groups is 2. The van der Waals surface area contributed by atoms with Crippen molar-refractivity contribution >= 4 is 23.0 Å². The van der Waals surface area contributed by atoms with Crippen LogP contribution in [0.3, 0.4) is 0 Å². The monoisotopic (exact) mass is 281 g/mol. The highest BCUT2D eigenvalue weighted by Gasteiger charge is 2.47. The molecule has 20 heavy (non-hydrogen) atoms. The lowest BCUT2D eigenvalue weighted by Gasteiger charge is -2.16. The van der Waals surface area contributed by atoms with E-state index in [1.807, 2.05) is 0 Å². The van der Waals surface area contributed by atoms with Crippen LogP contribution in [-0.2, 0) is 9.53 Å². The van der Waals surface area contributed by atoms with Gasteiger partial charge < -0.3 is 25.8 Å². The first-order valence-corrected chi connectivity index (χ1v) is 5.68. The van der Waals surface area contributed by atoms with E-state index in [0.717, 1.165) is 0 Å². The van der Waals surface area contributed by atoms with Crippen LogP contribution in [0.15, 0.2) is 12.7 Å². The smallest absolute Gasteiger partial charge is 0.335 e. The number of aliphatic carboxylic acids is 1. The van der Waals surface area contributed by atoms with Crippen molar-refractivity contribution < 1.29 is 24.9 Å². The van der Waals surface area contributed by atoms with Crippen molar-refractivity contribution in [3.63, 3.8) is 0 Å². The van der Waals surface area contributed by atoms with Crippen molar-refractivity contribution in [3.8, 4) is 0 Å². The van der Waals surface area contributed by atoms with Gasteiger partial charge in [0, 0.05) is 0 Å². The van der Waals surface area contributed by atoms with Crippen LogP contribution < -0.4 is 5.73 Å². The van der Waals surface area contributed by atoms with Gasteiger partial charge in [-0.2, -0.15) is 0 Å². The topological polar surface area (TPSA) is 157 Å². The van der Waals surface area contributed by atoms with Crippen LogP contribution in [0.1, 0.15) is 6.23 Å². The molecule has 3 rings (SSSR count). The summed E-state index contributed by atoms with van der Waals surface area (Å²) in [5.74, 6) is -1.21. The number of carbonyl (C=O) groups is 1. The summed E-state index contributed by atoms with van der Waals surface area (Å²) >= 11 is 0. The molecule has 0 radical (unpaired) electrons. The van der Waals surface area contributed by atoms with E-state index in [4.69, 9.17) is 15.6 Å². The second-order valence-electron chi connectivity index (χ2n) is 4.35. The fourth-order valence-electron chi connectivity index (χ4n) is 2.15. The second kappa shape index (κ2) is 4.37. The van der Waals surface area contributed by atoms with Crippen LogP contribution in [0.4, 0.5) is 5.82 Å². The SMILES string of the molecule is Nc1ncnc2c1ncn2[C@@H]1OC(C(=O)O)C(O)C1O. The molecule has 106 valence electrons. The van der Waals surface area contributed by atoms with E-state index in [1.54, 1.807) is 0 Å². The van der Waals surface area contributed by atoms with Crippen molar-refractivity contribution in [1.82, 2.24) is 19.5 Å². The zero-order chi connectivity index (χ0) is 14.4. The summed E-state index contributed by atoms with van der Waals surface area (Å²) in [5, 5.41) is 28.5. The highest BCUT2D eigenvalue weighted by atomic mass is 16.6. The molecule has 0 spiro atoms. The largest absolute Gasteiger partial charge is 0.479 e. The number of carboxylic acid groups (broad SMARTS) is 1. The normalized spacial score (nSPS) is 29.9. The zero-order valence-corrected chi connectivity index (χ0v) is 9.99. The summed E-state index contributed by atoms with van der Waals surface area (Å²) in [6, 6.07) is 0. The second-order valence-corrected chi connectivity index (χ2v) is 4.35. The average Bonchev–Trinajstić information content (AvgIpc) is 2.94. The van der Waals surface area contributed by atoms with Gasteiger partial charge >= 0.3 is 5.97 Å². The summed E-state index contributed by atoms with van der Waals surface area (Å²) in [5.41, 5.74) is 6.21. The van der Waals surface area contributed by atoms with Crippen LogP contribution in [0.5, 0.6) is 0 Å². The maximum Gasteiger partial charge on any atom is 0.335 e. The maximum absolute atomic E-state index is 10.9. The first-order valence-electron chi connectivity index (χ1n) is 5.68. The quantitative estimate of drug-likeness (QED) is 0.494. The summed E-state index contributed by atoms with van der Waals surface area (Å²) in [6.07, 6.45) is -3.11. The van der Waals surface area contributed by atoms with Crippen molar-refractivity contribution in [2.24, 2.45) is 0 Å². The Labute approximate surface area is 111 Å². The number of fused-ring (bicyclic) bond motifs is 1. The van der Waals surface area contributed by atoms with Gasteiger partial charge in [0.25, 0.3) is 0 Å². The number of nitrogen functional groups attached to an aromatic ring is 1. The Bertz CT molecular complexity index is 673. The molecular formula is C10H11N5O5. The Balaban J connectivity index is 2.04. The molecule has 10 nitrogen and oxygen atoms in total. The van der Waals surface area contributed by atoms with Gasteiger partial charge in [0.05, 0.1) is 6.33 Å². The Morgan fingerprint density at radius 2 is 2.05 bits per heavy atom. The molecule has 1 fully saturated rings. The van der Waals surface area contributed by atoms with E-state index in [1.165, 1.54) is 17.2 Å². The predicted octanol–water partition coefficient (Wildman–Crippen LogP) is -1.89. The van der Waals surface area contributed by atoms with E-state index < -0.39 is 30.5 Å². The highest BCUT2D eigenvalue weighted by Crippen LogP contribution is 2.31. The zero-order valence-electron chi connectivity index (χ0n) is 9.99. The van der Waals surface area contributed by atoms with Gasteiger partial charge in [0.1, 0.15) is 24.1 Å². The summed E-state index contributed by atoms with van der Waals surface area (Å²) in [6.45, 7) is 0. The maximum atomic E-state index is 10.9. The number of nitrogens with zero attached hydrogens (tertiary/aromatic N) is 4. The fourth-order valence-corrected chi connectivity index (χ4v) is 2.15. The number of aliphatic hydroxyl groups excluding tert-OH is 2. The van der Waals surface area contributed by atoms with Gasteiger partial charge in [-0.25, -0.2) is 19.7 Å². The van der Waals surface area contributed by atoms with Gasteiger partial charge in [-0.1, -0.05) is 0 Å². The Morgan fingerprint density at radius 3 is 2.70 bits per heavy atom. The van der Waals surface area contributed by atoms with Crippen LogP contribution in [0.2, 0.25) is 0 Å². The number of imidazole rings is 1. The van der Waals surface area contributed by atoms with E-state index >= 15 is 0 Å². The number of aromatic nitrogens is 4. The lowest BCUT2D eigenvalue weighted by atomic mass is 10.1. The Hall–Kier alpha value is -2.30. The number of rotatable bonds is 2. The van der Waals surface area contributed by atoms with Gasteiger partial charge in [0.2, 0.25) is 0 Å². The number of anilines is 1. The van der Waals surface area contributed by atoms with E-state index in [2.05, 4.69) is 15.0 Å². The number of ether oxygens (including phenoxy) is 1. The van der Waals surface area contributed by atoms with Crippen molar-refractivity contribution in [2.75, 3.05) is 5.73 Å². The van der Waals surface area contributed by atoms with Crippen molar-refractivity contribution in [2.45, 2.75) is 24.5 Å². The summed E-state index contributed by atoms with van der Waals surface area (Å²) < 4.78 is 6.47. The average molecular weight is 281 g/mol. The van der Waals surface area contributed by atoms with E-state index in [9.17, 15) is 15.0 Å². The Morgan fingerprint density at radius 1 is 1.30 bits per heavy atom. The summed E-state index contributed by atoms with van der Waals surface area (Å²) in [7, 11) is 0. The van der Waals surface area contributed by atoms with E-state index in [0.29, 0.717) is 5.52 Å². The highest BCUT2D eigenvalue weighted by molar-refractivity contribution is 5.81. The van der Waals surface area contributed by atoms with Gasteiger partial charge in [-0.15, -0.1) is 0 Å². The third kappa shape index (κ3) is 1.70. The molecule has 1 aliphatic rings. The van der Waals surface area contributed by atoms with E-state index in [-0.39, 0.29) is 11.5 Å². The molecule has 1 aliphatic heterocycles. The molecule has 3 heterocycles. The molecule has 0 bridgehead atoms. The van der Waals surface area contributed by atoms with Gasteiger partial charge in [-0.05, 0) is 0 Å². The molecule has 2 aromatic rings. The number of hydrogen-bond donors (Lipinski definition) is 4. The minimum Gasteiger partial charge on any atom is -0.479 e. The van der Waals surface area contributed by atoms with Crippen LogP contribution in [0, 0.1) is 0 Å². The minimum atomic E-state index is -1.55. The standard InChI is InChI=1S/C10H11N5O5/c11-7-3-8(13-1-12-7)15(2-14-3)9-5(17)4(16)6(20-9)10(18)19/h1-2,4-6,9,16-17H,(H,18,19)(H2,11,12,13)/t4?,5?,6?,9-/m1/s1. The lowest BCUT2D eigenvalue weighted by Crippen LogP contribution is -2.35.